The van der Waals surface area contributed by atoms with Gasteiger partial charge >= 0.3 is 0 Å². The van der Waals surface area contributed by atoms with Gasteiger partial charge in [0.25, 0.3) is 5.91 Å². The van der Waals surface area contributed by atoms with Gasteiger partial charge in [0.15, 0.2) is 6.61 Å². The van der Waals surface area contributed by atoms with Crippen molar-refractivity contribution in [3.8, 4) is 17.2 Å². The third-order valence-corrected chi connectivity index (χ3v) is 3.97. The zero-order valence-corrected chi connectivity index (χ0v) is 14.9. The molecule has 0 radical (unpaired) electrons. The number of anilines is 1. The molecule has 4 nitrogen and oxygen atoms in total. The van der Waals surface area contributed by atoms with Crippen LogP contribution in [-0.2, 0) is 4.79 Å². The van der Waals surface area contributed by atoms with Crippen LogP contribution in [0, 0.1) is 13.8 Å². The smallest absolute Gasteiger partial charge is 0.262 e. The number of carbonyl (C=O) groups is 1. The SMILES string of the molecule is Cc1ccc(OCC(=O)Nc2ccc(Oc3ccccc3)cc2)cc1C. The number of carbonyl (C=O) groups excluding carboxylic acids is 1. The van der Waals surface area contributed by atoms with Gasteiger partial charge in [0.05, 0.1) is 0 Å². The Morgan fingerprint density at radius 1 is 0.808 bits per heavy atom. The van der Waals surface area contributed by atoms with Crippen molar-refractivity contribution in [3.05, 3.63) is 83.9 Å². The standard InChI is InChI=1S/C22H21NO3/c1-16-8-11-21(14-17(16)2)25-15-22(24)23-18-9-12-20(13-10-18)26-19-6-4-3-5-7-19/h3-14H,15H2,1-2H3,(H,23,24). The predicted octanol–water partition coefficient (Wildman–Crippen LogP) is 5.11. The number of hydrogen-bond acceptors (Lipinski definition) is 3. The minimum Gasteiger partial charge on any atom is -0.484 e. The second kappa shape index (κ2) is 8.21. The van der Waals surface area contributed by atoms with Crippen LogP contribution in [0.15, 0.2) is 72.8 Å². The molecule has 0 saturated carbocycles. The second-order valence-corrected chi connectivity index (χ2v) is 6.02. The molecule has 1 amide bonds. The summed E-state index contributed by atoms with van der Waals surface area (Å²) in [5.41, 5.74) is 3.02. The van der Waals surface area contributed by atoms with E-state index in [2.05, 4.69) is 5.32 Å². The van der Waals surface area contributed by atoms with Gasteiger partial charge in [-0.25, -0.2) is 0 Å². The lowest BCUT2D eigenvalue weighted by Crippen LogP contribution is -2.20. The van der Waals surface area contributed by atoms with Gasteiger partial charge in [-0.15, -0.1) is 0 Å². The summed E-state index contributed by atoms with van der Waals surface area (Å²) in [5, 5.41) is 2.81. The fourth-order valence-electron chi connectivity index (χ4n) is 2.38. The lowest BCUT2D eigenvalue weighted by molar-refractivity contribution is -0.118. The van der Waals surface area contributed by atoms with Gasteiger partial charge < -0.3 is 14.8 Å². The Morgan fingerprint density at radius 2 is 1.46 bits per heavy atom. The van der Waals surface area contributed by atoms with Crippen LogP contribution in [0.3, 0.4) is 0 Å². The first kappa shape index (κ1) is 17.5. The number of nitrogens with one attached hydrogen (secondary N) is 1. The highest BCUT2D eigenvalue weighted by Gasteiger charge is 2.05. The molecular weight excluding hydrogens is 326 g/mol. The fraction of sp³-hybridized carbons (Fsp3) is 0.136. The number of hydrogen-bond donors (Lipinski definition) is 1. The summed E-state index contributed by atoms with van der Waals surface area (Å²) < 4.78 is 11.3. The van der Waals surface area contributed by atoms with Crippen LogP contribution in [0.2, 0.25) is 0 Å². The first-order valence-corrected chi connectivity index (χ1v) is 8.43. The van der Waals surface area contributed by atoms with Crippen LogP contribution in [-0.4, -0.2) is 12.5 Å². The van der Waals surface area contributed by atoms with Crippen molar-refractivity contribution in [2.75, 3.05) is 11.9 Å². The van der Waals surface area contributed by atoms with Crippen LogP contribution in [0.4, 0.5) is 5.69 Å². The molecule has 0 bridgehead atoms. The van der Waals surface area contributed by atoms with Crippen LogP contribution in [0.1, 0.15) is 11.1 Å². The molecule has 26 heavy (non-hydrogen) atoms. The van der Waals surface area contributed by atoms with Gasteiger partial charge in [-0.1, -0.05) is 24.3 Å². The zero-order valence-electron chi connectivity index (χ0n) is 14.9. The lowest BCUT2D eigenvalue weighted by atomic mass is 10.1. The molecule has 132 valence electrons. The van der Waals surface area contributed by atoms with Crippen molar-refractivity contribution < 1.29 is 14.3 Å². The molecule has 0 fully saturated rings. The van der Waals surface area contributed by atoms with Crippen molar-refractivity contribution >= 4 is 11.6 Å². The third kappa shape index (κ3) is 4.86. The largest absolute Gasteiger partial charge is 0.484 e. The Morgan fingerprint density at radius 3 is 2.15 bits per heavy atom. The minimum absolute atomic E-state index is 0.0369. The van der Waals surface area contributed by atoms with Crippen LogP contribution in [0.25, 0.3) is 0 Å². The zero-order chi connectivity index (χ0) is 18.4. The summed E-state index contributed by atoms with van der Waals surface area (Å²) in [5.74, 6) is 1.96. The number of rotatable bonds is 6. The summed E-state index contributed by atoms with van der Waals surface area (Å²) in [6, 6.07) is 22.5. The number of aryl methyl sites for hydroxylation is 2. The highest BCUT2D eigenvalue weighted by Crippen LogP contribution is 2.22. The summed E-state index contributed by atoms with van der Waals surface area (Å²) in [6.07, 6.45) is 0. The van der Waals surface area contributed by atoms with Crippen molar-refractivity contribution in [2.24, 2.45) is 0 Å². The van der Waals surface area contributed by atoms with E-state index >= 15 is 0 Å². The van der Waals surface area contributed by atoms with E-state index in [0.29, 0.717) is 17.2 Å². The summed E-state index contributed by atoms with van der Waals surface area (Å²) in [6.45, 7) is 4.02. The molecule has 0 unspecified atom stereocenters. The highest BCUT2D eigenvalue weighted by molar-refractivity contribution is 5.91. The maximum atomic E-state index is 12.0. The number of benzene rings is 3. The van der Waals surface area contributed by atoms with E-state index in [9.17, 15) is 4.79 Å². The molecule has 3 rings (SSSR count). The number of ether oxygens (including phenoxy) is 2. The third-order valence-electron chi connectivity index (χ3n) is 3.97. The molecule has 1 N–H and O–H groups in total. The molecule has 0 aliphatic carbocycles. The van der Waals surface area contributed by atoms with E-state index in [1.807, 2.05) is 74.5 Å². The topological polar surface area (TPSA) is 47.6 Å². The molecule has 4 heteroatoms. The van der Waals surface area contributed by atoms with E-state index in [-0.39, 0.29) is 12.5 Å². The van der Waals surface area contributed by atoms with Gasteiger partial charge in [-0.05, 0) is 73.5 Å². The van der Waals surface area contributed by atoms with Crippen LogP contribution >= 0.6 is 0 Å². The van der Waals surface area contributed by atoms with Crippen molar-refractivity contribution in [2.45, 2.75) is 13.8 Å². The Bertz CT molecular complexity index is 874. The maximum absolute atomic E-state index is 12.0. The average Bonchev–Trinajstić information content (AvgIpc) is 2.65. The normalized spacial score (nSPS) is 10.2. The maximum Gasteiger partial charge on any atom is 0.262 e. The van der Waals surface area contributed by atoms with Gasteiger partial charge in [0.2, 0.25) is 0 Å². The fourth-order valence-corrected chi connectivity index (χ4v) is 2.38. The molecule has 3 aromatic carbocycles. The molecule has 0 heterocycles. The summed E-state index contributed by atoms with van der Waals surface area (Å²) in [7, 11) is 0. The molecule has 0 aliphatic heterocycles. The summed E-state index contributed by atoms with van der Waals surface area (Å²) in [4.78, 5) is 12.0. The predicted molar refractivity (Wildman–Crippen MR) is 103 cm³/mol. The van der Waals surface area contributed by atoms with Gasteiger partial charge in [0, 0.05) is 5.69 Å². The molecular formula is C22H21NO3. The molecule has 0 atom stereocenters. The Kier molecular flexibility index (Phi) is 5.54. The Balaban J connectivity index is 1.51. The lowest BCUT2D eigenvalue weighted by Gasteiger charge is -2.10. The quantitative estimate of drug-likeness (QED) is 0.674. The van der Waals surface area contributed by atoms with E-state index in [4.69, 9.17) is 9.47 Å². The van der Waals surface area contributed by atoms with Crippen molar-refractivity contribution in [1.29, 1.82) is 0 Å². The number of amides is 1. The minimum atomic E-state index is -0.208. The Hall–Kier alpha value is -3.27. The van der Waals surface area contributed by atoms with Crippen LogP contribution < -0.4 is 14.8 Å². The molecule has 3 aromatic rings. The van der Waals surface area contributed by atoms with Crippen LogP contribution in [0.5, 0.6) is 17.2 Å². The van der Waals surface area contributed by atoms with Gasteiger partial charge in [-0.3, -0.25) is 4.79 Å². The first-order valence-electron chi connectivity index (χ1n) is 8.43. The molecule has 0 aliphatic rings. The molecule has 0 spiro atoms. The average molecular weight is 347 g/mol. The van der Waals surface area contributed by atoms with Gasteiger partial charge in [-0.2, -0.15) is 0 Å². The van der Waals surface area contributed by atoms with E-state index in [0.717, 1.165) is 11.3 Å². The Labute approximate surface area is 153 Å². The van der Waals surface area contributed by atoms with E-state index in [1.165, 1.54) is 5.56 Å². The highest BCUT2D eigenvalue weighted by atomic mass is 16.5. The molecule has 0 saturated heterocycles. The number of para-hydroxylation sites is 1. The monoisotopic (exact) mass is 347 g/mol. The molecule has 0 aromatic heterocycles. The van der Waals surface area contributed by atoms with E-state index in [1.54, 1.807) is 12.1 Å². The summed E-state index contributed by atoms with van der Waals surface area (Å²) >= 11 is 0. The van der Waals surface area contributed by atoms with Gasteiger partial charge in [0.1, 0.15) is 17.2 Å². The first-order chi connectivity index (χ1) is 12.6. The van der Waals surface area contributed by atoms with Crippen molar-refractivity contribution in [1.82, 2.24) is 0 Å². The second-order valence-electron chi connectivity index (χ2n) is 6.02. The van der Waals surface area contributed by atoms with E-state index < -0.39 is 0 Å². The van der Waals surface area contributed by atoms with Crippen molar-refractivity contribution in [3.63, 3.8) is 0 Å².